The molecule has 0 bridgehead atoms. The maximum absolute atomic E-state index is 12.5. The number of hydrogen-bond acceptors (Lipinski definition) is 3. The molecule has 0 amide bonds. The molecule has 0 radical (unpaired) electrons. The van der Waals surface area contributed by atoms with E-state index in [1.165, 1.54) is 5.56 Å². The van der Waals surface area contributed by atoms with Crippen molar-refractivity contribution in [3.05, 3.63) is 35.9 Å². The average molecular weight is 254 g/mol. The molecule has 0 N–H and O–H groups in total. The third kappa shape index (κ3) is 2.79. The Bertz CT molecular complexity index is 394. The molecule has 1 aliphatic rings. The minimum absolute atomic E-state index is 0.0461. The zero-order valence-corrected chi connectivity index (χ0v) is 11.2. The van der Waals surface area contributed by atoms with Crippen molar-refractivity contribution in [3.8, 4) is 0 Å². The third-order valence-corrected chi connectivity index (χ3v) is 5.63. The van der Waals surface area contributed by atoms with Gasteiger partial charge in [0.25, 0.3) is 0 Å². The summed E-state index contributed by atoms with van der Waals surface area (Å²) in [5, 5.41) is 0. The molecular weight excluding hydrogens is 235 g/mol. The standard InChI is InChI=1S/C13H19O3P/c1-3-15-17(14,16-4-2)13-10-12(13)11-8-6-5-7-9-11/h5-9,12-13H,3-4,10H2,1-2H3/t12-,13?/m0/s1. The molecule has 4 heteroatoms. The maximum atomic E-state index is 12.5. The van der Waals surface area contributed by atoms with Crippen LogP contribution in [0.4, 0.5) is 0 Å². The Morgan fingerprint density at radius 2 is 1.76 bits per heavy atom. The van der Waals surface area contributed by atoms with E-state index in [2.05, 4.69) is 12.1 Å². The molecule has 0 spiro atoms. The lowest BCUT2D eigenvalue weighted by molar-refractivity contribution is 0.218. The van der Waals surface area contributed by atoms with Crippen LogP contribution in [0.15, 0.2) is 30.3 Å². The SMILES string of the molecule is CCOP(=O)(OCC)C1C[C@H]1c1ccccc1. The number of hydrogen-bond donors (Lipinski definition) is 0. The van der Waals surface area contributed by atoms with Crippen LogP contribution >= 0.6 is 7.60 Å². The first-order valence-electron chi connectivity index (χ1n) is 6.15. The molecule has 3 nitrogen and oxygen atoms in total. The molecule has 0 saturated heterocycles. The smallest absolute Gasteiger partial charge is 0.309 e. The van der Waals surface area contributed by atoms with Crippen molar-refractivity contribution in [2.45, 2.75) is 31.8 Å². The second-order valence-electron chi connectivity index (χ2n) is 4.20. The molecule has 1 unspecified atom stereocenters. The molecule has 94 valence electrons. The van der Waals surface area contributed by atoms with Crippen molar-refractivity contribution in [3.63, 3.8) is 0 Å². The predicted octanol–water partition coefficient (Wildman–Crippen LogP) is 3.81. The molecule has 17 heavy (non-hydrogen) atoms. The van der Waals surface area contributed by atoms with E-state index in [4.69, 9.17) is 9.05 Å². The first-order valence-corrected chi connectivity index (χ1v) is 7.76. The van der Waals surface area contributed by atoms with Gasteiger partial charge in [0, 0.05) is 0 Å². The lowest BCUT2D eigenvalue weighted by Gasteiger charge is -2.16. The van der Waals surface area contributed by atoms with E-state index in [0.717, 1.165) is 6.42 Å². The van der Waals surface area contributed by atoms with Crippen LogP contribution in [0.1, 0.15) is 31.7 Å². The van der Waals surface area contributed by atoms with Gasteiger partial charge >= 0.3 is 7.60 Å². The molecule has 1 fully saturated rings. The fourth-order valence-electron chi connectivity index (χ4n) is 2.18. The van der Waals surface area contributed by atoms with Crippen molar-refractivity contribution in [1.82, 2.24) is 0 Å². The minimum Gasteiger partial charge on any atom is -0.309 e. The zero-order valence-electron chi connectivity index (χ0n) is 10.3. The molecule has 2 rings (SSSR count). The molecule has 1 aliphatic carbocycles. The topological polar surface area (TPSA) is 35.5 Å². The highest BCUT2D eigenvalue weighted by Crippen LogP contribution is 2.68. The minimum atomic E-state index is -2.90. The van der Waals surface area contributed by atoms with Crippen LogP contribution in [-0.4, -0.2) is 18.9 Å². The summed E-state index contributed by atoms with van der Waals surface area (Å²) in [6, 6.07) is 10.2. The van der Waals surface area contributed by atoms with Crippen molar-refractivity contribution in [2.75, 3.05) is 13.2 Å². The van der Waals surface area contributed by atoms with Crippen molar-refractivity contribution >= 4 is 7.60 Å². The summed E-state index contributed by atoms with van der Waals surface area (Å²) in [7, 11) is -2.90. The first-order chi connectivity index (χ1) is 8.21. The molecule has 1 aromatic carbocycles. The van der Waals surface area contributed by atoms with Gasteiger partial charge in [0.2, 0.25) is 0 Å². The van der Waals surface area contributed by atoms with E-state index in [-0.39, 0.29) is 5.66 Å². The number of benzene rings is 1. The molecule has 2 atom stereocenters. The predicted molar refractivity (Wildman–Crippen MR) is 68.4 cm³/mol. The summed E-state index contributed by atoms with van der Waals surface area (Å²) in [4.78, 5) is 0. The Morgan fingerprint density at radius 1 is 1.18 bits per heavy atom. The van der Waals surface area contributed by atoms with Gasteiger partial charge in [-0.25, -0.2) is 0 Å². The van der Waals surface area contributed by atoms with Gasteiger partial charge in [0.05, 0.1) is 18.9 Å². The van der Waals surface area contributed by atoms with Crippen LogP contribution in [0.25, 0.3) is 0 Å². The Morgan fingerprint density at radius 3 is 2.29 bits per heavy atom. The van der Waals surface area contributed by atoms with E-state index in [1.807, 2.05) is 32.0 Å². The van der Waals surface area contributed by atoms with Gasteiger partial charge in [-0.2, -0.15) is 0 Å². The van der Waals surface area contributed by atoms with Gasteiger partial charge in [0.15, 0.2) is 0 Å². The van der Waals surface area contributed by atoms with Crippen LogP contribution < -0.4 is 0 Å². The van der Waals surface area contributed by atoms with Crippen molar-refractivity contribution in [2.24, 2.45) is 0 Å². The van der Waals surface area contributed by atoms with Crippen molar-refractivity contribution < 1.29 is 13.6 Å². The van der Waals surface area contributed by atoms with E-state index in [9.17, 15) is 4.57 Å². The molecule has 1 aromatic rings. The Hall–Kier alpha value is -0.630. The largest absolute Gasteiger partial charge is 0.334 e. The Labute approximate surface area is 103 Å². The molecule has 1 saturated carbocycles. The second-order valence-corrected chi connectivity index (χ2v) is 6.45. The molecule has 0 heterocycles. The summed E-state index contributed by atoms with van der Waals surface area (Å²) in [6.07, 6.45) is 0.904. The highest BCUT2D eigenvalue weighted by molar-refractivity contribution is 7.55. The summed E-state index contributed by atoms with van der Waals surface area (Å²) < 4.78 is 23.3. The lowest BCUT2D eigenvalue weighted by Crippen LogP contribution is -2.01. The third-order valence-electron chi connectivity index (χ3n) is 3.01. The highest BCUT2D eigenvalue weighted by atomic mass is 31.2. The van der Waals surface area contributed by atoms with E-state index >= 15 is 0 Å². The second kappa shape index (κ2) is 5.34. The van der Waals surface area contributed by atoms with Crippen LogP contribution in [0.5, 0.6) is 0 Å². The molecular formula is C13H19O3P. The summed E-state index contributed by atoms with van der Waals surface area (Å²) in [5.74, 6) is 0.333. The van der Waals surface area contributed by atoms with Gasteiger partial charge in [0.1, 0.15) is 0 Å². The lowest BCUT2D eigenvalue weighted by atomic mass is 10.1. The fraction of sp³-hybridized carbons (Fsp3) is 0.538. The van der Waals surface area contributed by atoms with E-state index in [1.54, 1.807) is 0 Å². The summed E-state index contributed by atoms with van der Waals surface area (Å²) >= 11 is 0. The molecule has 0 aliphatic heterocycles. The van der Waals surface area contributed by atoms with E-state index < -0.39 is 7.60 Å². The van der Waals surface area contributed by atoms with Gasteiger partial charge < -0.3 is 9.05 Å². The monoisotopic (exact) mass is 254 g/mol. The first kappa shape index (κ1) is 12.8. The van der Waals surface area contributed by atoms with Crippen molar-refractivity contribution in [1.29, 1.82) is 0 Å². The normalized spacial score (nSPS) is 23.6. The zero-order chi connectivity index (χ0) is 12.3. The van der Waals surface area contributed by atoms with Gasteiger partial charge in [-0.3, -0.25) is 4.57 Å². The quantitative estimate of drug-likeness (QED) is 0.724. The van der Waals surface area contributed by atoms with Gasteiger partial charge in [-0.05, 0) is 31.7 Å². The summed E-state index contributed by atoms with van der Waals surface area (Å²) in [6.45, 7) is 4.59. The fourth-order valence-corrected chi connectivity index (χ4v) is 4.45. The maximum Gasteiger partial charge on any atom is 0.334 e. The Balaban J connectivity index is 2.08. The summed E-state index contributed by atoms with van der Waals surface area (Å²) in [5.41, 5.74) is 1.28. The molecule has 0 aromatic heterocycles. The van der Waals surface area contributed by atoms with Gasteiger partial charge in [-0.1, -0.05) is 30.3 Å². The average Bonchev–Trinajstić information content (AvgIpc) is 3.11. The Kier molecular flexibility index (Phi) is 4.03. The van der Waals surface area contributed by atoms with Crippen LogP contribution in [0.2, 0.25) is 0 Å². The number of rotatable bonds is 6. The highest BCUT2D eigenvalue weighted by Gasteiger charge is 2.53. The van der Waals surface area contributed by atoms with E-state index in [0.29, 0.717) is 19.1 Å². The van der Waals surface area contributed by atoms with Crippen LogP contribution in [0, 0.1) is 0 Å². The van der Waals surface area contributed by atoms with Gasteiger partial charge in [-0.15, -0.1) is 0 Å². The van der Waals surface area contributed by atoms with Crippen LogP contribution in [0.3, 0.4) is 0 Å². The van der Waals surface area contributed by atoms with Crippen LogP contribution in [-0.2, 0) is 13.6 Å².